The van der Waals surface area contributed by atoms with Crippen LogP contribution >= 0.6 is 0 Å². The summed E-state index contributed by atoms with van der Waals surface area (Å²) in [4.78, 5) is 2.29. The first-order valence-corrected chi connectivity index (χ1v) is 5.27. The van der Waals surface area contributed by atoms with Gasteiger partial charge in [-0.2, -0.15) is 5.26 Å². The Morgan fingerprint density at radius 3 is 2.36 bits per heavy atom. The number of likely N-dealkylation sites (tertiary alicyclic amines) is 1. The molecule has 1 atom stereocenters. The lowest BCUT2D eigenvalue weighted by atomic mass is 9.96. The number of nitriles is 1. The minimum Gasteiger partial charge on any atom is -0.288 e. The van der Waals surface area contributed by atoms with Crippen LogP contribution in [0.3, 0.4) is 0 Å². The molecule has 2 aliphatic rings. The second-order valence-electron chi connectivity index (χ2n) is 3.85. The summed E-state index contributed by atoms with van der Waals surface area (Å²) in [6.07, 6.45) is 11.9. The summed E-state index contributed by atoms with van der Waals surface area (Å²) in [5, 5.41) is 9.16. The maximum Gasteiger partial charge on any atom is 0.105 e. The third-order valence-corrected chi connectivity index (χ3v) is 2.88. The molecule has 1 unspecified atom stereocenters. The molecule has 1 aliphatic carbocycles. The Bertz CT molecular complexity index is 207. The van der Waals surface area contributed by atoms with Crippen LogP contribution in [0.4, 0.5) is 0 Å². The topological polar surface area (TPSA) is 27.0 Å². The first kappa shape index (κ1) is 9.98. The second-order valence-corrected chi connectivity index (χ2v) is 3.85. The molecule has 0 aromatic heterocycles. The third-order valence-electron chi connectivity index (χ3n) is 2.88. The third kappa shape index (κ3) is 2.09. The van der Waals surface area contributed by atoms with Gasteiger partial charge in [-0.05, 0) is 51.6 Å². The van der Waals surface area contributed by atoms with Crippen molar-refractivity contribution in [3.05, 3.63) is 31.6 Å². The molecule has 14 heavy (non-hydrogen) atoms. The normalized spacial score (nSPS) is 27.4. The van der Waals surface area contributed by atoms with Gasteiger partial charge < -0.3 is 0 Å². The van der Waals surface area contributed by atoms with E-state index in [0.717, 1.165) is 19.0 Å². The van der Waals surface area contributed by atoms with E-state index in [0.29, 0.717) is 0 Å². The lowest BCUT2D eigenvalue weighted by Gasteiger charge is -2.33. The molecule has 2 rings (SSSR count). The van der Waals surface area contributed by atoms with E-state index < -0.39 is 0 Å². The average molecular weight is 187 g/mol. The minimum absolute atomic E-state index is 0.0229. The molecule has 0 bridgehead atoms. The highest BCUT2D eigenvalue weighted by Gasteiger charge is 2.31. The number of piperidine rings is 1. The van der Waals surface area contributed by atoms with Crippen LogP contribution in [0, 0.1) is 42.9 Å². The van der Waals surface area contributed by atoms with Gasteiger partial charge in [0.25, 0.3) is 0 Å². The summed E-state index contributed by atoms with van der Waals surface area (Å²) in [7, 11) is 0. The fourth-order valence-corrected chi connectivity index (χ4v) is 2.11. The fourth-order valence-electron chi connectivity index (χ4n) is 2.11. The van der Waals surface area contributed by atoms with Crippen molar-refractivity contribution in [2.75, 3.05) is 13.1 Å². The molecular formula is C12H15N2. The van der Waals surface area contributed by atoms with Gasteiger partial charge in [0, 0.05) is 5.92 Å². The van der Waals surface area contributed by atoms with E-state index in [1.54, 1.807) is 0 Å². The molecule has 0 amide bonds. The Balaban J connectivity index is 1.93. The lowest BCUT2D eigenvalue weighted by Crippen LogP contribution is -2.41. The predicted octanol–water partition coefficient (Wildman–Crippen LogP) is 1.77. The average Bonchev–Trinajstić information content (AvgIpc) is 2.74. The molecule has 0 aromatic rings. The highest BCUT2D eigenvalue weighted by atomic mass is 15.2. The maximum absolute atomic E-state index is 9.16. The van der Waals surface area contributed by atoms with Crippen molar-refractivity contribution in [3.8, 4) is 6.07 Å². The van der Waals surface area contributed by atoms with Gasteiger partial charge in [0.15, 0.2) is 0 Å². The predicted molar refractivity (Wildman–Crippen MR) is 55.3 cm³/mol. The zero-order valence-electron chi connectivity index (χ0n) is 8.32. The molecule has 5 radical (unpaired) electrons. The van der Waals surface area contributed by atoms with Crippen molar-refractivity contribution in [1.29, 1.82) is 5.26 Å². The van der Waals surface area contributed by atoms with Gasteiger partial charge in [0.2, 0.25) is 0 Å². The molecule has 1 heterocycles. The van der Waals surface area contributed by atoms with Crippen molar-refractivity contribution >= 4 is 0 Å². The van der Waals surface area contributed by atoms with Gasteiger partial charge in [0.05, 0.1) is 6.07 Å². The van der Waals surface area contributed by atoms with Crippen LogP contribution < -0.4 is 0 Å². The standard InChI is InChI=1S/C12H15N2/c13-10-12(11-6-2-3-7-11)14-8-4-1-5-9-14/h2-3,6-7,12H,1,4-5,8-9H2. The van der Waals surface area contributed by atoms with Crippen LogP contribution in [-0.4, -0.2) is 24.0 Å². The summed E-state index contributed by atoms with van der Waals surface area (Å²) in [6, 6.07) is 2.38. The van der Waals surface area contributed by atoms with E-state index >= 15 is 0 Å². The summed E-state index contributed by atoms with van der Waals surface area (Å²) in [5.74, 6) is 1.15. The summed E-state index contributed by atoms with van der Waals surface area (Å²) >= 11 is 0. The van der Waals surface area contributed by atoms with Crippen molar-refractivity contribution < 1.29 is 0 Å². The Kier molecular flexibility index (Phi) is 3.42. The fraction of sp³-hybridized carbons (Fsp3) is 0.500. The minimum atomic E-state index is -0.0229. The highest BCUT2D eigenvalue weighted by molar-refractivity contribution is 5.41. The molecule has 1 saturated heterocycles. The van der Waals surface area contributed by atoms with E-state index in [-0.39, 0.29) is 6.04 Å². The van der Waals surface area contributed by atoms with Gasteiger partial charge in [-0.1, -0.05) is 6.42 Å². The summed E-state index contributed by atoms with van der Waals surface area (Å²) in [6.45, 7) is 2.15. The molecule has 1 saturated carbocycles. The van der Waals surface area contributed by atoms with Crippen LogP contribution in [0.2, 0.25) is 0 Å². The molecule has 73 valence electrons. The van der Waals surface area contributed by atoms with E-state index in [4.69, 9.17) is 5.26 Å². The second kappa shape index (κ2) is 4.79. The largest absolute Gasteiger partial charge is 0.288 e. The molecular weight excluding hydrogens is 172 g/mol. The Hall–Kier alpha value is -0.550. The smallest absolute Gasteiger partial charge is 0.105 e. The Morgan fingerprint density at radius 1 is 1.14 bits per heavy atom. The van der Waals surface area contributed by atoms with Crippen molar-refractivity contribution in [2.45, 2.75) is 25.3 Å². The monoisotopic (exact) mass is 187 g/mol. The van der Waals surface area contributed by atoms with Crippen LogP contribution in [0.25, 0.3) is 0 Å². The van der Waals surface area contributed by atoms with Gasteiger partial charge >= 0.3 is 0 Å². The SMILES string of the molecule is N#CC([C]1[CH][CH][CH][CH]1)N1CCCCC1. The van der Waals surface area contributed by atoms with Crippen LogP contribution in [0.15, 0.2) is 0 Å². The first-order valence-electron chi connectivity index (χ1n) is 5.27. The number of rotatable bonds is 2. The molecule has 0 spiro atoms. The molecule has 0 aromatic carbocycles. The number of hydrogen-bond donors (Lipinski definition) is 0. The van der Waals surface area contributed by atoms with Gasteiger partial charge in [0.1, 0.15) is 6.04 Å². The first-order chi connectivity index (χ1) is 6.92. The van der Waals surface area contributed by atoms with Crippen LogP contribution in [0.1, 0.15) is 19.3 Å². The lowest BCUT2D eigenvalue weighted by molar-refractivity contribution is 0.205. The van der Waals surface area contributed by atoms with Gasteiger partial charge in [-0.25, -0.2) is 0 Å². The maximum atomic E-state index is 9.16. The highest BCUT2D eigenvalue weighted by Crippen LogP contribution is 2.30. The van der Waals surface area contributed by atoms with Crippen molar-refractivity contribution in [3.63, 3.8) is 0 Å². The summed E-state index contributed by atoms with van der Waals surface area (Å²) < 4.78 is 0. The quantitative estimate of drug-likeness (QED) is 0.658. The molecule has 0 N–H and O–H groups in total. The van der Waals surface area contributed by atoms with Crippen molar-refractivity contribution in [2.24, 2.45) is 0 Å². The van der Waals surface area contributed by atoms with Crippen LogP contribution in [0.5, 0.6) is 0 Å². The van der Waals surface area contributed by atoms with E-state index in [2.05, 4.69) is 11.0 Å². The zero-order valence-corrected chi connectivity index (χ0v) is 8.32. The van der Waals surface area contributed by atoms with E-state index in [1.807, 2.05) is 25.7 Å². The van der Waals surface area contributed by atoms with Gasteiger partial charge in [-0.3, -0.25) is 4.90 Å². The zero-order chi connectivity index (χ0) is 9.80. The van der Waals surface area contributed by atoms with Crippen LogP contribution in [-0.2, 0) is 0 Å². The molecule has 1 aliphatic heterocycles. The molecule has 2 fully saturated rings. The molecule has 2 nitrogen and oxygen atoms in total. The van der Waals surface area contributed by atoms with E-state index in [1.165, 1.54) is 19.3 Å². The number of nitrogens with zero attached hydrogens (tertiary/aromatic N) is 2. The number of hydrogen-bond acceptors (Lipinski definition) is 2. The van der Waals surface area contributed by atoms with Crippen molar-refractivity contribution in [1.82, 2.24) is 4.90 Å². The molecule has 2 heteroatoms. The van der Waals surface area contributed by atoms with Gasteiger partial charge in [-0.15, -0.1) is 0 Å². The van der Waals surface area contributed by atoms with E-state index in [9.17, 15) is 0 Å². The Labute approximate surface area is 86.9 Å². The summed E-state index contributed by atoms with van der Waals surface area (Å²) in [5.41, 5.74) is 0. The Morgan fingerprint density at radius 2 is 1.79 bits per heavy atom.